The fraction of sp³-hybridized carbons (Fsp3) is 0.500. The monoisotopic (exact) mass is 282 g/mol. The van der Waals surface area contributed by atoms with Crippen LogP contribution >= 0.6 is 11.6 Å². The first-order valence-corrected chi connectivity index (χ1v) is 6.88. The Morgan fingerprint density at radius 3 is 3.00 bits per heavy atom. The molecule has 4 nitrogen and oxygen atoms in total. The zero-order valence-electron chi connectivity index (χ0n) is 11.1. The molecule has 0 aromatic heterocycles. The SMILES string of the molecule is CN(CC1CCCCO1)C(=O)c1cccc(Cl)c1N. The van der Waals surface area contributed by atoms with E-state index in [2.05, 4.69) is 0 Å². The number of nitrogen functional groups attached to an aromatic ring is 1. The van der Waals surface area contributed by atoms with Gasteiger partial charge >= 0.3 is 0 Å². The lowest BCUT2D eigenvalue weighted by Crippen LogP contribution is -2.37. The summed E-state index contributed by atoms with van der Waals surface area (Å²) in [4.78, 5) is 14.0. The van der Waals surface area contributed by atoms with Crippen LogP contribution in [0.25, 0.3) is 0 Å². The van der Waals surface area contributed by atoms with E-state index in [0.29, 0.717) is 22.8 Å². The highest BCUT2D eigenvalue weighted by atomic mass is 35.5. The van der Waals surface area contributed by atoms with Crippen molar-refractivity contribution in [2.75, 3.05) is 25.9 Å². The molecule has 1 unspecified atom stereocenters. The minimum Gasteiger partial charge on any atom is -0.397 e. The first-order valence-electron chi connectivity index (χ1n) is 6.50. The van der Waals surface area contributed by atoms with E-state index in [9.17, 15) is 4.79 Å². The van der Waals surface area contributed by atoms with Gasteiger partial charge in [0.25, 0.3) is 5.91 Å². The summed E-state index contributed by atoms with van der Waals surface area (Å²) in [7, 11) is 1.76. The van der Waals surface area contributed by atoms with Gasteiger partial charge in [-0.15, -0.1) is 0 Å². The normalized spacial score (nSPS) is 19.2. The third-order valence-corrected chi connectivity index (χ3v) is 3.71. The fourth-order valence-electron chi connectivity index (χ4n) is 2.27. The summed E-state index contributed by atoms with van der Waals surface area (Å²) in [6, 6.07) is 5.11. The van der Waals surface area contributed by atoms with Crippen molar-refractivity contribution < 1.29 is 9.53 Å². The van der Waals surface area contributed by atoms with E-state index in [4.69, 9.17) is 22.1 Å². The van der Waals surface area contributed by atoms with Gasteiger partial charge in [0, 0.05) is 20.2 Å². The molecule has 1 fully saturated rings. The zero-order valence-corrected chi connectivity index (χ0v) is 11.8. The molecule has 5 heteroatoms. The smallest absolute Gasteiger partial charge is 0.255 e. The van der Waals surface area contributed by atoms with Gasteiger partial charge in [0.2, 0.25) is 0 Å². The first-order chi connectivity index (χ1) is 9.09. The van der Waals surface area contributed by atoms with Crippen molar-refractivity contribution in [2.24, 2.45) is 0 Å². The van der Waals surface area contributed by atoms with Crippen molar-refractivity contribution >= 4 is 23.2 Å². The standard InChI is InChI=1S/C14H19ClN2O2/c1-17(9-10-5-2-3-8-19-10)14(18)11-6-4-7-12(15)13(11)16/h4,6-7,10H,2-3,5,8-9,16H2,1H3. The highest BCUT2D eigenvalue weighted by molar-refractivity contribution is 6.33. The molecule has 0 bridgehead atoms. The summed E-state index contributed by atoms with van der Waals surface area (Å²) in [5, 5.41) is 0.410. The highest BCUT2D eigenvalue weighted by Gasteiger charge is 2.21. The number of carbonyl (C=O) groups is 1. The maximum Gasteiger partial charge on any atom is 0.255 e. The van der Waals surface area contributed by atoms with Crippen LogP contribution in [-0.4, -0.2) is 37.1 Å². The van der Waals surface area contributed by atoms with Crippen LogP contribution in [0.15, 0.2) is 18.2 Å². The molecule has 1 aromatic carbocycles. The van der Waals surface area contributed by atoms with E-state index in [-0.39, 0.29) is 12.0 Å². The summed E-state index contributed by atoms with van der Waals surface area (Å²) >= 11 is 5.93. The van der Waals surface area contributed by atoms with Crippen molar-refractivity contribution in [1.29, 1.82) is 0 Å². The fourth-order valence-corrected chi connectivity index (χ4v) is 2.44. The zero-order chi connectivity index (χ0) is 13.8. The molecule has 1 amide bonds. The Morgan fingerprint density at radius 1 is 1.53 bits per heavy atom. The average Bonchev–Trinajstić information content (AvgIpc) is 2.42. The van der Waals surface area contributed by atoms with E-state index in [0.717, 1.165) is 25.9 Å². The number of halogens is 1. The molecule has 2 rings (SSSR count). The Kier molecular flexibility index (Phi) is 4.66. The summed E-state index contributed by atoms with van der Waals surface area (Å²) in [5.41, 5.74) is 6.63. The Hall–Kier alpha value is -1.26. The van der Waals surface area contributed by atoms with Gasteiger partial charge in [0.05, 0.1) is 22.4 Å². The predicted molar refractivity (Wildman–Crippen MR) is 76.4 cm³/mol. The second kappa shape index (κ2) is 6.26. The number of likely N-dealkylation sites (N-methyl/N-ethyl adjacent to an activating group) is 1. The minimum atomic E-state index is -0.117. The largest absolute Gasteiger partial charge is 0.397 e. The second-order valence-corrected chi connectivity index (χ2v) is 5.28. The molecule has 1 aliphatic heterocycles. The molecule has 1 saturated heterocycles. The minimum absolute atomic E-state index is 0.117. The van der Waals surface area contributed by atoms with E-state index in [1.807, 2.05) is 0 Å². The van der Waals surface area contributed by atoms with Gasteiger partial charge < -0.3 is 15.4 Å². The predicted octanol–water partition coefficient (Wildman–Crippen LogP) is 2.56. The molecule has 0 spiro atoms. The molecule has 1 atom stereocenters. The van der Waals surface area contributed by atoms with Gasteiger partial charge in [0.15, 0.2) is 0 Å². The first kappa shape index (κ1) is 14.2. The third kappa shape index (κ3) is 3.39. The summed E-state index contributed by atoms with van der Waals surface area (Å²) in [5.74, 6) is -0.117. The molecule has 2 N–H and O–H groups in total. The summed E-state index contributed by atoms with van der Waals surface area (Å²) in [6.45, 7) is 1.37. The number of benzene rings is 1. The van der Waals surface area contributed by atoms with Gasteiger partial charge in [-0.3, -0.25) is 4.79 Å². The van der Waals surface area contributed by atoms with Crippen LogP contribution in [0.4, 0.5) is 5.69 Å². The molecule has 19 heavy (non-hydrogen) atoms. The number of rotatable bonds is 3. The number of anilines is 1. The van der Waals surface area contributed by atoms with Crippen molar-refractivity contribution in [2.45, 2.75) is 25.4 Å². The molecule has 104 valence electrons. The molecule has 0 saturated carbocycles. The number of hydrogen-bond donors (Lipinski definition) is 1. The molecule has 1 aliphatic rings. The van der Waals surface area contributed by atoms with E-state index in [1.54, 1.807) is 30.1 Å². The Labute approximate surface area is 118 Å². The Bertz CT molecular complexity index is 459. The van der Waals surface area contributed by atoms with Crippen molar-refractivity contribution in [3.8, 4) is 0 Å². The lowest BCUT2D eigenvalue weighted by atomic mass is 10.1. The highest BCUT2D eigenvalue weighted by Crippen LogP contribution is 2.23. The number of amides is 1. The summed E-state index contributed by atoms with van der Waals surface area (Å²) in [6.07, 6.45) is 3.40. The number of ether oxygens (including phenoxy) is 1. The number of nitrogens with two attached hydrogens (primary N) is 1. The van der Waals surface area contributed by atoms with Gasteiger partial charge in [-0.1, -0.05) is 17.7 Å². The van der Waals surface area contributed by atoms with Gasteiger partial charge in [-0.25, -0.2) is 0 Å². The topological polar surface area (TPSA) is 55.6 Å². The third-order valence-electron chi connectivity index (χ3n) is 3.38. The quantitative estimate of drug-likeness (QED) is 0.867. The lowest BCUT2D eigenvalue weighted by molar-refractivity contribution is -0.000169. The van der Waals surface area contributed by atoms with Crippen LogP contribution in [-0.2, 0) is 4.74 Å². The molecule has 1 aromatic rings. The maximum atomic E-state index is 12.3. The molecule has 0 aliphatic carbocycles. The van der Waals surface area contributed by atoms with Crippen molar-refractivity contribution in [3.63, 3.8) is 0 Å². The summed E-state index contributed by atoms with van der Waals surface area (Å²) < 4.78 is 5.64. The van der Waals surface area contributed by atoms with Crippen molar-refractivity contribution in [3.05, 3.63) is 28.8 Å². The van der Waals surface area contributed by atoms with Crippen LogP contribution < -0.4 is 5.73 Å². The van der Waals surface area contributed by atoms with Crippen LogP contribution in [0.5, 0.6) is 0 Å². The Balaban J connectivity index is 2.03. The van der Waals surface area contributed by atoms with Gasteiger partial charge in [0.1, 0.15) is 0 Å². The van der Waals surface area contributed by atoms with Crippen molar-refractivity contribution in [1.82, 2.24) is 4.90 Å². The number of nitrogens with zero attached hydrogens (tertiary/aromatic N) is 1. The van der Waals surface area contributed by atoms with Crippen LogP contribution in [0.1, 0.15) is 29.6 Å². The number of carbonyl (C=O) groups excluding carboxylic acids is 1. The van der Waals surface area contributed by atoms with Gasteiger partial charge in [-0.05, 0) is 31.4 Å². The van der Waals surface area contributed by atoms with E-state index in [1.165, 1.54) is 0 Å². The van der Waals surface area contributed by atoms with Crippen LogP contribution in [0.2, 0.25) is 5.02 Å². The molecule has 1 heterocycles. The number of para-hydroxylation sites is 1. The maximum absolute atomic E-state index is 12.3. The molecule has 0 radical (unpaired) electrons. The Morgan fingerprint density at radius 2 is 2.32 bits per heavy atom. The number of hydrogen-bond acceptors (Lipinski definition) is 3. The lowest BCUT2D eigenvalue weighted by Gasteiger charge is -2.27. The molecular weight excluding hydrogens is 264 g/mol. The van der Waals surface area contributed by atoms with Crippen LogP contribution in [0, 0.1) is 0 Å². The van der Waals surface area contributed by atoms with Gasteiger partial charge in [-0.2, -0.15) is 0 Å². The van der Waals surface area contributed by atoms with E-state index >= 15 is 0 Å². The second-order valence-electron chi connectivity index (χ2n) is 4.88. The van der Waals surface area contributed by atoms with E-state index < -0.39 is 0 Å². The van der Waals surface area contributed by atoms with Crippen LogP contribution in [0.3, 0.4) is 0 Å². The molecular formula is C14H19ClN2O2. The average molecular weight is 283 g/mol.